The van der Waals surface area contributed by atoms with E-state index >= 15 is 0 Å². The highest BCUT2D eigenvalue weighted by Crippen LogP contribution is 2.33. The predicted octanol–water partition coefficient (Wildman–Crippen LogP) is 3.09. The molecular weight excluding hydrogens is 235 g/mol. The van der Waals surface area contributed by atoms with Gasteiger partial charge in [0.1, 0.15) is 0 Å². The third-order valence-corrected chi connectivity index (χ3v) is 3.39. The van der Waals surface area contributed by atoms with Gasteiger partial charge >= 0.3 is 7.69 Å². The molecule has 0 saturated carbocycles. The molecule has 0 atom stereocenters. The Labute approximate surface area is 111 Å². The van der Waals surface area contributed by atoms with E-state index < -0.39 is 0 Å². The standard InChI is InChI=1S/C16H10.BH2O2/c1-3-11-7-9-13-5-2-6-14-10-8-12(4-1)15(11)16(13)14;2-1-3/h1-10H;2-3H. The fourth-order valence-electron chi connectivity index (χ4n) is 2.67. The van der Waals surface area contributed by atoms with Crippen LogP contribution in [0.3, 0.4) is 0 Å². The van der Waals surface area contributed by atoms with Crippen molar-refractivity contribution in [1.29, 1.82) is 0 Å². The minimum atomic E-state index is 0. The maximum Gasteiger partial charge on any atom is 0.482 e. The molecule has 19 heavy (non-hydrogen) atoms. The van der Waals surface area contributed by atoms with E-state index in [4.69, 9.17) is 10.0 Å². The van der Waals surface area contributed by atoms with Gasteiger partial charge in [0, 0.05) is 0 Å². The summed E-state index contributed by atoms with van der Waals surface area (Å²) in [5.74, 6) is 0. The second-order valence-electron chi connectivity index (χ2n) is 4.41. The van der Waals surface area contributed by atoms with Gasteiger partial charge < -0.3 is 10.0 Å². The zero-order valence-corrected chi connectivity index (χ0v) is 10.2. The predicted molar refractivity (Wildman–Crippen MR) is 80.3 cm³/mol. The number of rotatable bonds is 0. The van der Waals surface area contributed by atoms with Crippen molar-refractivity contribution >= 4 is 40.0 Å². The Kier molecular flexibility index (Phi) is 3.07. The zero-order chi connectivity index (χ0) is 13.2. The average molecular weight is 247 g/mol. The van der Waals surface area contributed by atoms with Gasteiger partial charge in [0.05, 0.1) is 0 Å². The monoisotopic (exact) mass is 247 g/mol. The second-order valence-corrected chi connectivity index (χ2v) is 4.41. The molecule has 0 aromatic heterocycles. The number of benzene rings is 4. The van der Waals surface area contributed by atoms with Crippen molar-refractivity contribution < 1.29 is 10.0 Å². The smallest absolute Gasteiger partial charge is 0.429 e. The molecule has 0 unspecified atom stereocenters. The van der Waals surface area contributed by atoms with Crippen LogP contribution in [0.5, 0.6) is 0 Å². The quantitative estimate of drug-likeness (QED) is 0.370. The van der Waals surface area contributed by atoms with Crippen molar-refractivity contribution in [3.8, 4) is 0 Å². The summed E-state index contributed by atoms with van der Waals surface area (Å²) in [5.41, 5.74) is 0. The van der Waals surface area contributed by atoms with Crippen LogP contribution in [0.15, 0.2) is 60.7 Å². The minimum absolute atomic E-state index is 0. The van der Waals surface area contributed by atoms with Crippen LogP contribution in [0, 0.1) is 0 Å². The van der Waals surface area contributed by atoms with Crippen LogP contribution in [0.1, 0.15) is 0 Å². The van der Waals surface area contributed by atoms with Crippen molar-refractivity contribution in [2.24, 2.45) is 0 Å². The lowest BCUT2D eigenvalue weighted by Crippen LogP contribution is -1.82. The Morgan fingerprint density at radius 2 is 0.789 bits per heavy atom. The lowest BCUT2D eigenvalue weighted by Gasteiger charge is -2.09. The molecule has 0 aliphatic heterocycles. The summed E-state index contributed by atoms with van der Waals surface area (Å²) in [7, 11) is 0. The van der Waals surface area contributed by atoms with Crippen LogP contribution in [0.25, 0.3) is 32.3 Å². The molecule has 0 bridgehead atoms. The molecule has 0 aliphatic carbocycles. The highest BCUT2D eigenvalue weighted by molar-refractivity contribution is 6.22. The van der Waals surface area contributed by atoms with E-state index in [2.05, 4.69) is 60.7 Å². The van der Waals surface area contributed by atoms with Crippen LogP contribution in [0.2, 0.25) is 0 Å². The first-order valence-electron chi connectivity index (χ1n) is 6.08. The third kappa shape index (κ3) is 1.93. The molecule has 4 aromatic carbocycles. The highest BCUT2D eigenvalue weighted by atomic mass is 16.4. The minimum Gasteiger partial charge on any atom is -0.429 e. The molecule has 1 radical (unpaired) electrons. The molecule has 0 amide bonds. The SMILES string of the molecule is O[B]O.c1cc2ccc3cccc4ccc(c1)c2c34. The van der Waals surface area contributed by atoms with E-state index in [0.717, 1.165) is 0 Å². The maximum atomic E-state index is 7.00. The van der Waals surface area contributed by atoms with Crippen molar-refractivity contribution in [3.05, 3.63) is 60.7 Å². The van der Waals surface area contributed by atoms with E-state index in [1.165, 1.54) is 32.3 Å². The highest BCUT2D eigenvalue weighted by Gasteiger charge is 2.05. The van der Waals surface area contributed by atoms with Gasteiger partial charge in [-0.3, -0.25) is 0 Å². The largest absolute Gasteiger partial charge is 0.482 e. The van der Waals surface area contributed by atoms with Crippen LogP contribution < -0.4 is 0 Å². The normalized spacial score (nSPS) is 10.6. The van der Waals surface area contributed by atoms with Gasteiger partial charge in [-0.25, -0.2) is 0 Å². The molecule has 3 heteroatoms. The topological polar surface area (TPSA) is 40.5 Å². The van der Waals surface area contributed by atoms with Gasteiger partial charge in [0.15, 0.2) is 0 Å². The number of hydrogen-bond donors (Lipinski definition) is 2. The Bertz CT molecular complexity index is 697. The van der Waals surface area contributed by atoms with Gasteiger partial charge in [-0.2, -0.15) is 0 Å². The first-order chi connectivity index (χ1) is 9.35. The fraction of sp³-hybridized carbons (Fsp3) is 0. The van der Waals surface area contributed by atoms with Gasteiger partial charge in [-0.05, 0) is 32.3 Å². The van der Waals surface area contributed by atoms with Gasteiger partial charge in [-0.15, -0.1) is 0 Å². The first-order valence-corrected chi connectivity index (χ1v) is 6.08. The second kappa shape index (κ2) is 4.88. The Hall–Kier alpha value is -2.10. The third-order valence-electron chi connectivity index (χ3n) is 3.39. The van der Waals surface area contributed by atoms with Gasteiger partial charge in [0.25, 0.3) is 0 Å². The first kappa shape index (κ1) is 12.0. The molecule has 0 fully saturated rings. The molecule has 2 nitrogen and oxygen atoms in total. The van der Waals surface area contributed by atoms with Crippen molar-refractivity contribution in [2.45, 2.75) is 0 Å². The van der Waals surface area contributed by atoms with E-state index in [9.17, 15) is 0 Å². The molecule has 4 rings (SSSR count). The van der Waals surface area contributed by atoms with Crippen molar-refractivity contribution in [2.75, 3.05) is 0 Å². The molecule has 0 spiro atoms. The average Bonchev–Trinajstić information content (AvgIpc) is 2.46. The van der Waals surface area contributed by atoms with Crippen LogP contribution in [-0.2, 0) is 0 Å². The zero-order valence-electron chi connectivity index (χ0n) is 10.2. The van der Waals surface area contributed by atoms with Gasteiger partial charge in [-0.1, -0.05) is 60.7 Å². The molecule has 0 saturated heterocycles. The van der Waals surface area contributed by atoms with E-state index in [1.807, 2.05) is 0 Å². The van der Waals surface area contributed by atoms with Crippen LogP contribution >= 0.6 is 0 Å². The molecule has 0 aliphatic rings. The maximum absolute atomic E-state index is 7.00. The summed E-state index contributed by atoms with van der Waals surface area (Å²) in [6.07, 6.45) is 0. The van der Waals surface area contributed by atoms with Crippen molar-refractivity contribution in [3.63, 3.8) is 0 Å². The fourth-order valence-corrected chi connectivity index (χ4v) is 2.67. The lowest BCUT2D eigenvalue weighted by molar-refractivity contribution is 0.448. The molecule has 0 heterocycles. The summed E-state index contributed by atoms with van der Waals surface area (Å²) in [6, 6.07) is 21.9. The molecule has 4 aromatic rings. The van der Waals surface area contributed by atoms with E-state index in [-0.39, 0.29) is 7.69 Å². The molecular formula is C16H12BO2. The van der Waals surface area contributed by atoms with Crippen LogP contribution in [0.4, 0.5) is 0 Å². The Morgan fingerprint density at radius 1 is 0.526 bits per heavy atom. The summed E-state index contributed by atoms with van der Waals surface area (Å²) in [4.78, 5) is 0. The molecule has 91 valence electrons. The Morgan fingerprint density at radius 3 is 1.05 bits per heavy atom. The summed E-state index contributed by atoms with van der Waals surface area (Å²) >= 11 is 0. The summed E-state index contributed by atoms with van der Waals surface area (Å²) in [5, 5.41) is 22.1. The van der Waals surface area contributed by atoms with E-state index in [1.54, 1.807) is 0 Å². The van der Waals surface area contributed by atoms with Gasteiger partial charge in [0.2, 0.25) is 0 Å². The Balaban J connectivity index is 0.000000339. The van der Waals surface area contributed by atoms with Crippen LogP contribution in [-0.4, -0.2) is 17.7 Å². The number of hydrogen-bond acceptors (Lipinski definition) is 2. The van der Waals surface area contributed by atoms with Crippen molar-refractivity contribution in [1.82, 2.24) is 0 Å². The van der Waals surface area contributed by atoms with E-state index in [0.29, 0.717) is 0 Å². The summed E-state index contributed by atoms with van der Waals surface area (Å²) in [6.45, 7) is 0. The lowest BCUT2D eigenvalue weighted by atomic mass is 9.95. The molecule has 2 N–H and O–H groups in total. The summed E-state index contributed by atoms with van der Waals surface area (Å²) < 4.78 is 0.